The Morgan fingerprint density at radius 2 is 1.71 bits per heavy atom. The topological polar surface area (TPSA) is 56.8 Å². The third-order valence-electron chi connectivity index (χ3n) is 3.33. The van der Waals surface area contributed by atoms with E-state index in [1.54, 1.807) is 7.11 Å². The van der Waals surface area contributed by atoms with Crippen LogP contribution in [0, 0.1) is 0 Å². The van der Waals surface area contributed by atoms with Crippen molar-refractivity contribution in [3.05, 3.63) is 54.1 Å². The largest absolute Gasteiger partial charge is 0.497 e. The molecule has 24 heavy (non-hydrogen) atoms. The lowest BCUT2D eigenvalue weighted by atomic mass is 10.1. The molecule has 5 nitrogen and oxygen atoms in total. The minimum absolute atomic E-state index is 0.0430. The van der Waals surface area contributed by atoms with Crippen molar-refractivity contribution in [1.82, 2.24) is 5.32 Å². The van der Waals surface area contributed by atoms with Crippen LogP contribution in [0.2, 0.25) is 0 Å². The Labute approximate surface area is 142 Å². The number of ether oxygens (including phenoxy) is 3. The first-order chi connectivity index (χ1) is 11.7. The number of benzene rings is 2. The normalized spacial score (nSPS) is 10.1. The number of hydrogen-bond donors (Lipinski definition) is 1. The predicted octanol–water partition coefficient (Wildman–Crippen LogP) is 2.83. The second-order valence-corrected chi connectivity index (χ2v) is 5.13. The van der Waals surface area contributed by atoms with Gasteiger partial charge in [0.05, 0.1) is 26.7 Å². The number of rotatable bonds is 9. The van der Waals surface area contributed by atoms with Crippen LogP contribution in [-0.4, -0.2) is 32.8 Å². The molecule has 5 heteroatoms. The van der Waals surface area contributed by atoms with Gasteiger partial charge in [-0.2, -0.15) is 0 Å². The minimum atomic E-state index is -0.0430. The molecule has 0 aliphatic carbocycles. The van der Waals surface area contributed by atoms with Gasteiger partial charge < -0.3 is 19.5 Å². The Bertz CT molecular complexity index is 640. The van der Waals surface area contributed by atoms with Crippen LogP contribution in [0.5, 0.6) is 17.2 Å². The van der Waals surface area contributed by atoms with E-state index in [1.807, 2.05) is 55.5 Å². The van der Waals surface area contributed by atoms with Gasteiger partial charge in [-0.15, -0.1) is 0 Å². The van der Waals surface area contributed by atoms with E-state index in [0.717, 1.165) is 22.8 Å². The summed E-state index contributed by atoms with van der Waals surface area (Å²) >= 11 is 0. The van der Waals surface area contributed by atoms with Gasteiger partial charge in [-0.05, 0) is 48.9 Å². The lowest BCUT2D eigenvalue weighted by Crippen LogP contribution is -2.29. The number of carbonyl (C=O) groups excluding carboxylic acids is 1. The van der Waals surface area contributed by atoms with Crippen LogP contribution in [0.25, 0.3) is 0 Å². The van der Waals surface area contributed by atoms with Crippen molar-refractivity contribution >= 4 is 5.91 Å². The Balaban J connectivity index is 1.68. The molecule has 0 unspecified atom stereocenters. The molecule has 0 aliphatic heterocycles. The standard InChI is InChI=1S/C19H23NO4/c1-3-23-16-7-9-17(10-8-16)24-12-11-20-19(21)14-15-5-4-6-18(13-15)22-2/h4-10,13H,3,11-12,14H2,1-2H3,(H,20,21). The van der Waals surface area contributed by atoms with E-state index < -0.39 is 0 Å². The maximum absolute atomic E-state index is 11.9. The van der Waals surface area contributed by atoms with Crippen LogP contribution in [0.3, 0.4) is 0 Å². The smallest absolute Gasteiger partial charge is 0.224 e. The quantitative estimate of drug-likeness (QED) is 0.719. The van der Waals surface area contributed by atoms with E-state index in [-0.39, 0.29) is 5.91 Å². The van der Waals surface area contributed by atoms with Crippen LogP contribution >= 0.6 is 0 Å². The molecule has 0 atom stereocenters. The molecule has 128 valence electrons. The number of amides is 1. The van der Waals surface area contributed by atoms with Gasteiger partial charge in [-0.3, -0.25) is 4.79 Å². The highest BCUT2D eigenvalue weighted by molar-refractivity contribution is 5.78. The molecule has 1 amide bonds. The van der Waals surface area contributed by atoms with Crippen molar-refractivity contribution in [2.75, 3.05) is 26.9 Å². The van der Waals surface area contributed by atoms with Gasteiger partial charge in [0.2, 0.25) is 5.91 Å². The van der Waals surface area contributed by atoms with Gasteiger partial charge in [-0.1, -0.05) is 12.1 Å². The lowest BCUT2D eigenvalue weighted by molar-refractivity contribution is -0.120. The summed E-state index contributed by atoms with van der Waals surface area (Å²) < 4.78 is 16.1. The van der Waals surface area contributed by atoms with Crippen molar-refractivity contribution in [2.45, 2.75) is 13.3 Å². The highest BCUT2D eigenvalue weighted by Gasteiger charge is 2.04. The SMILES string of the molecule is CCOc1ccc(OCCNC(=O)Cc2cccc(OC)c2)cc1. The van der Waals surface area contributed by atoms with E-state index in [4.69, 9.17) is 14.2 Å². The maximum atomic E-state index is 11.9. The number of methoxy groups -OCH3 is 1. The zero-order chi connectivity index (χ0) is 17.2. The Morgan fingerprint density at radius 1 is 1.00 bits per heavy atom. The molecule has 0 spiro atoms. The van der Waals surface area contributed by atoms with Crippen LogP contribution in [-0.2, 0) is 11.2 Å². The zero-order valence-corrected chi connectivity index (χ0v) is 14.1. The van der Waals surface area contributed by atoms with E-state index in [0.29, 0.717) is 26.2 Å². The van der Waals surface area contributed by atoms with Gasteiger partial charge in [0.1, 0.15) is 23.9 Å². The summed E-state index contributed by atoms with van der Waals surface area (Å²) in [5.41, 5.74) is 0.916. The van der Waals surface area contributed by atoms with Crippen molar-refractivity contribution in [3.63, 3.8) is 0 Å². The molecule has 0 aliphatic rings. The highest BCUT2D eigenvalue weighted by Crippen LogP contribution is 2.17. The average Bonchev–Trinajstić information content (AvgIpc) is 2.60. The molecule has 2 aromatic carbocycles. The highest BCUT2D eigenvalue weighted by atomic mass is 16.5. The summed E-state index contributed by atoms with van der Waals surface area (Å²) in [6.07, 6.45) is 0.320. The average molecular weight is 329 g/mol. The molecule has 0 radical (unpaired) electrons. The lowest BCUT2D eigenvalue weighted by Gasteiger charge is -2.09. The first kappa shape index (κ1) is 17.7. The van der Waals surface area contributed by atoms with Gasteiger partial charge in [0.15, 0.2) is 0 Å². The molecule has 0 saturated heterocycles. The van der Waals surface area contributed by atoms with Crippen molar-refractivity contribution < 1.29 is 19.0 Å². The molecule has 2 aromatic rings. The number of nitrogens with one attached hydrogen (secondary N) is 1. The fourth-order valence-corrected chi connectivity index (χ4v) is 2.19. The third kappa shape index (κ3) is 5.83. The summed E-state index contributed by atoms with van der Waals surface area (Å²) in [5, 5.41) is 2.84. The third-order valence-corrected chi connectivity index (χ3v) is 3.33. The fraction of sp³-hybridized carbons (Fsp3) is 0.316. The molecule has 1 N–H and O–H groups in total. The summed E-state index contributed by atoms with van der Waals surface area (Å²) in [6.45, 7) is 3.45. The second-order valence-electron chi connectivity index (χ2n) is 5.13. The second kappa shape index (κ2) is 9.45. The Kier molecular flexibility index (Phi) is 6.95. The zero-order valence-electron chi connectivity index (χ0n) is 14.1. The van der Waals surface area contributed by atoms with E-state index in [9.17, 15) is 4.79 Å². The first-order valence-electron chi connectivity index (χ1n) is 7.96. The number of hydrogen-bond acceptors (Lipinski definition) is 4. The molecule has 0 bridgehead atoms. The van der Waals surface area contributed by atoms with E-state index in [1.165, 1.54) is 0 Å². The fourth-order valence-electron chi connectivity index (χ4n) is 2.19. The molecular formula is C19H23NO4. The van der Waals surface area contributed by atoms with E-state index >= 15 is 0 Å². The van der Waals surface area contributed by atoms with Crippen LogP contribution in [0.15, 0.2) is 48.5 Å². The van der Waals surface area contributed by atoms with E-state index in [2.05, 4.69) is 5.32 Å². The Morgan fingerprint density at radius 3 is 2.38 bits per heavy atom. The Hall–Kier alpha value is -2.69. The van der Waals surface area contributed by atoms with Gasteiger partial charge in [0, 0.05) is 0 Å². The predicted molar refractivity (Wildman–Crippen MR) is 92.8 cm³/mol. The molecule has 0 saturated carbocycles. The summed E-state index contributed by atoms with van der Waals surface area (Å²) in [6, 6.07) is 14.9. The van der Waals surface area contributed by atoms with Crippen LogP contribution < -0.4 is 19.5 Å². The molecule has 2 rings (SSSR count). The maximum Gasteiger partial charge on any atom is 0.224 e. The van der Waals surface area contributed by atoms with Gasteiger partial charge in [-0.25, -0.2) is 0 Å². The molecule has 0 heterocycles. The molecule has 0 fully saturated rings. The minimum Gasteiger partial charge on any atom is -0.497 e. The first-order valence-corrected chi connectivity index (χ1v) is 7.96. The van der Waals surface area contributed by atoms with Crippen molar-refractivity contribution in [2.24, 2.45) is 0 Å². The van der Waals surface area contributed by atoms with Gasteiger partial charge in [0.25, 0.3) is 0 Å². The van der Waals surface area contributed by atoms with Crippen LogP contribution in [0.4, 0.5) is 0 Å². The summed E-state index contributed by atoms with van der Waals surface area (Å²) in [4.78, 5) is 11.9. The van der Waals surface area contributed by atoms with Crippen molar-refractivity contribution in [3.8, 4) is 17.2 Å². The summed E-state index contributed by atoms with van der Waals surface area (Å²) in [5.74, 6) is 2.27. The summed E-state index contributed by atoms with van der Waals surface area (Å²) in [7, 11) is 1.61. The van der Waals surface area contributed by atoms with Gasteiger partial charge >= 0.3 is 0 Å². The molecule has 0 aromatic heterocycles. The monoisotopic (exact) mass is 329 g/mol. The van der Waals surface area contributed by atoms with Crippen molar-refractivity contribution in [1.29, 1.82) is 0 Å². The van der Waals surface area contributed by atoms with Crippen LogP contribution in [0.1, 0.15) is 12.5 Å². The number of carbonyl (C=O) groups is 1. The molecular weight excluding hydrogens is 306 g/mol.